The van der Waals surface area contributed by atoms with Crippen molar-refractivity contribution in [1.29, 1.82) is 0 Å². The molecule has 0 aromatic carbocycles. The van der Waals surface area contributed by atoms with Gasteiger partial charge in [-0.15, -0.1) is 0 Å². The predicted octanol–water partition coefficient (Wildman–Crippen LogP) is -1.09. The molecule has 7 nitrogen and oxygen atoms in total. The lowest BCUT2D eigenvalue weighted by molar-refractivity contribution is -0.142. The van der Waals surface area contributed by atoms with Gasteiger partial charge in [-0.05, 0) is 0 Å². The molecule has 0 heterocycles. The largest absolute Gasteiger partial charge is 0.480 e. The van der Waals surface area contributed by atoms with Crippen molar-refractivity contribution in [2.75, 3.05) is 19.8 Å². The highest BCUT2D eigenvalue weighted by Crippen LogP contribution is 1.85. The quantitative estimate of drug-likeness (QED) is 0.414. The van der Waals surface area contributed by atoms with Crippen LogP contribution in [-0.2, 0) is 24.1 Å². The fourth-order valence-corrected chi connectivity index (χ4v) is 0.636. The molecule has 0 spiro atoms. The van der Waals surface area contributed by atoms with Crippen molar-refractivity contribution in [3.63, 3.8) is 0 Å². The van der Waals surface area contributed by atoms with Crippen molar-refractivity contribution in [2.45, 2.75) is 0 Å². The third-order valence-electron chi connectivity index (χ3n) is 0.685. The third-order valence-corrected chi connectivity index (χ3v) is 1.15. The summed E-state index contributed by atoms with van der Waals surface area (Å²) in [6.07, 6.45) is 0. The molecule has 0 aliphatic carbocycles. The Morgan fingerprint density at radius 3 is 2.33 bits per heavy atom. The van der Waals surface area contributed by atoms with Crippen LogP contribution in [0.2, 0.25) is 0 Å². The summed E-state index contributed by atoms with van der Waals surface area (Å²) in [6.45, 7) is -1.16. The Morgan fingerprint density at radius 1 is 1.33 bits per heavy atom. The highest BCUT2D eigenvalue weighted by Gasteiger charge is 2.03. The van der Waals surface area contributed by atoms with Gasteiger partial charge >= 0.3 is 16.4 Å². The molecule has 0 unspecified atom stereocenters. The van der Waals surface area contributed by atoms with Crippen LogP contribution >= 0.6 is 0 Å². The van der Waals surface area contributed by atoms with Crippen LogP contribution in [-0.4, -0.2) is 43.9 Å². The minimum Gasteiger partial charge on any atom is -0.480 e. The standard InChI is InChI=1S/C4H8O7S/c5-4(6)3-10-1-2-11-12(7,8)9/h1-3H2,(H,5,6)(H,7,8,9). The molecule has 0 atom stereocenters. The molecule has 0 saturated heterocycles. The van der Waals surface area contributed by atoms with Gasteiger partial charge in [0.05, 0.1) is 13.2 Å². The SMILES string of the molecule is O=C(O)COCCOS(=O)(=O)O. The molecule has 0 rings (SSSR count). The van der Waals surface area contributed by atoms with Gasteiger partial charge in [-0.1, -0.05) is 0 Å². The van der Waals surface area contributed by atoms with Crippen LogP contribution in [0.3, 0.4) is 0 Å². The second-order valence-corrected chi connectivity index (χ2v) is 2.79. The summed E-state index contributed by atoms with van der Waals surface area (Å²) in [7, 11) is -4.45. The number of hydrogen-bond donors (Lipinski definition) is 2. The highest BCUT2D eigenvalue weighted by atomic mass is 32.3. The average Bonchev–Trinajstić information content (AvgIpc) is 1.83. The summed E-state index contributed by atoms with van der Waals surface area (Å²) in [6, 6.07) is 0. The lowest BCUT2D eigenvalue weighted by Crippen LogP contribution is -2.13. The van der Waals surface area contributed by atoms with Gasteiger partial charge in [-0.2, -0.15) is 8.42 Å². The summed E-state index contributed by atoms with van der Waals surface area (Å²) in [5.41, 5.74) is 0. The van der Waals surface area contributed by atoms with Gasteiger partial charge in [0, 0.05) is 0 Å². The monoisotopic (exact) mass is 200 g/mol. The van der Waals surface area contributed by atoms with Gasteiger partial charge in [0.15, 0.2) is 0 Å². The molecule has 2 N–H and O–H groups in total. The van der Waals surface area contributed by atoms with Crippen molar-refractivity contribution < 1.29 is 31.8 Å². The zero-order valence-corrected chi connectivity index (χ0v) is 6.78. The van der Waals surface area contributed by atoms with E-state index in [0.717, 1.165) is 0 Å². The van der Waals surface area contributed by atoms with E-state index in [0.29, 0.717) is 0 Å². The Kier molecular flexibility index (Phi) is 4.74. The molecular formula is C4H8O7S. The van der Waals surface area contributed by atoms with Gasteiger partial charge in [0.1, 0.15) is 6.61 Å². The Balaban J connectivity index is 3.29. The molecule has 0 amide bonds. The topological polar surface area (TPSA) is 110 Å². The lowest BCUT2D eigenvalue weighted by atomic mass is 10.7. The van der Waals surface area contributed by atoms with E-state index in [2.05, 4.69) is 8.92 Å². The summed E-state index contributed by atoms with van der Waals surface area (Å²) in [5, 5.41) is 8.04. The molecule has 0 aromatic heterocycles. The minimum atomic E-state index is -4.45. The first-order valence-electron chi connectivity index (χ1n) is 2.83. The van der Waals surface area contributed by atoms with Gasteiger partial charge < -0.3 is 9.84 Å². The number of carbonyl (C=O) groups is 1. The summed E-state index contributed by atoms with van der Waals surface area (Å²) in [4.78, 5) is 9.83. The molecular weight excluding hydrogens is 192 g/mol. The van der Waals surface area contributed by atoms with Crippen molar-refractivity contribution in [3.05, 3.63) is 0 Å². The van der Waals surface area contributed by atoms with Crippen molar-refractivity contribution in [1.82, 2.24) is 0 Å². The van der Waals surface area contributed by atoms with Crippen LogP contribution in [0.1, 0.15) is 0 Å². The molecule has 8 heteroatoms. The maximum atomic E-state index is 9.89. The first-order valence-corrected chi connectivity index (χ1v) is 4.20. The fraction of sp³-hybridized carbons (Fsp3) is 0.750. The van der Waals surface area contributed by atoms with Gasteiger partial charge in [0.25, 0.3) is 0 Å². The number of carboxylic acid groups (broad SMARTS) is 1. The Morgan fingerprint density at radius 2 is 1.92 bits per heavy atom. The van der Waals surface area contributed by atoms with Gasteiger partial charge in [0.2, 0.25) is 0 Å². The van der Waals surface area contributed by atoms with Crippen molar-refractivity contribution in [2.24, 2.45) is 0 Å². The van der Waals surface area contributed by atoms with Crippen LogP contribution in [0, 0.1) is 0 Å². The summed E-state index contributed by atoms with van der Waals surface area (Å²) in [5.74, 6) is -1.16. The van der Waals surface area contributed by atoms with Crippen LogP contribution in [0.25, 0.3) is 0 Å². The molecule has 0 aromatic rings. The van der Waals surface area contributed by atoms with Crippen LogP contribution in [0.5, 0.6) is 0 Å². The fourth-order valence-electron chi connectivity index (χ4n) is 0.358. The zero-order chi connectivity index (χ0) is 9.61. The maximum absolute atomic E-state index is 9.89. The number of aliphatic carboxylic acids is 1. The first-order chi connectivity index (χ1) is 5.42. The Labute approximate surface area is 68.9 Å². The van der Waals surface area contributed by atoms with E-state index in [-0.39, 0.29) is 6.61 Å². The number of carboxylic acids is 1. The smallest absolute Gasteiger partial charge is 0.397 e. The molecule has 0 fully saturated rings. The molecule has 0 aliphatic rings. The van der Waals surface area contributed by atoms with E-state index >= 15 is 0 Å². The van der Waals surface area contributed by atoms with E-state index in [4.69, 9.17) is 9.66 Å². The molecule has 72 valence electrons. The van der Waals surface area contributed by atoms with Gasteiger partial charge in [-0.3, -0.25) is 4.55 Å². The average molecular weight is 200 g/mol. The Bertz CT molecular complexity index is 230. The van der Waals surface area contributed by atoms with E-state index in [1.165, 1.54) is 0 Å². The predicted molar refractivity (Wildman–Crippen MR) is 36.0 cm³/mol. The lowest BCUT2D eigenvalue weighted by Gasteiger charge is -1.99. The molecule has 0 radical (unpaired) electrons. The van der Waals surface area contributed by atoms with Crippen molar-refractivity contribution >= 4 is 16.4 Å². The molecule has 0 aliphatic heterocycles. The maximum Gasteiger partial charge on any atom is 0.397 e. The first kappa shape index (κ1) is 11.3. The van der Waals surface area contributed by atoms with E-state index in [1.54, 1.807) is 0 Å². The minimum absolute atomic E-state index is 0.216. The van der Waals surface area contributed by atoms with Gasteiger partial charge in [-0.25, -0.2) is 8.98 Å². The van der Waals surface area contributed by atoms with Crippen LogP contribution in [0.4, 0.5) is 0 Å². The molecule has 0 bridgehead atoms. The zero-order valence-electron chi connectivity index (χ0n) is 5.97. The third kappa shape index (κ3) is 9.30. The van der Waals surface area contributed by atoms with E-state index in [1.807, 2.05) is 0 Å². The molecule has 12 heavy (non-hydrogen) atoms. The second kappa shape index (κ2) is 5.04. The van der Waals surface area contributed by atoms with Crippen LogP contribution in [0.15, 0.2) is 0 Å². The van der Waals surface area contributed by atoms with E-state index in [9.17, 15) is 13.2 Å². The second-order valence-electron chi connectivity index (χ2n) is 1.70. The normalized spacial score (nSPS) is 11.4. The van der Waals surface area contributed by atoms with Crippen LogP contribution < -0.4 is 0 Å². The number of hydrogen-bond acceptors (Lipinski definition) is 5. The summed E-state index contributed by atoms with van der Waals surface area (Å²) < 4.78 is 36.0. The molecule has 0 saturated carbocycles. The van der Waals surface area contributed by atoms with Crippen molar-refractivity contribution in [3.8, 4) is 0 Å². The van der Waals surface area contributed by atoms with E-state index < -0.39 is 29.6 Å². The number of ether oxygens (including phenoxy) is 1. The number of rotatable bonds is 6. The Hall–Kier alpha value is -0.700. The summed E-state index contributed by atoms with van der Waals surface area (Å²) >= 11 is 0. The highest BCUT2D eigenvalue weighted by molar-refractivity contribution is 7.80.